The first-order valence-corrected chi connectivity index (χ1v) is 8.57. The molecule has 1 aliphatic heterocycles. The molecule has 1 aliphatic rings. The molecule has 1 unspecified atom stereocenters. The summed E-state index contributed by atoms with van der Waals surface area (Å²) in [6.07, 6.45) is 3.56. The fraction of sp³-hybridized carbons (Fsp3) is 0.188. The second-order valence-electron chi connectivity index (χ2n) is 5.08. The summed E-state index contributed by atoms with van der Waals surface area (Å²) in [4.78, 5) is 4.40. The number of para-hydroxylation sites is 2. The van der Waals surface area contributed by atoms with Gasteiger partial charge in [0.2, 0.25) is 10.0 Å². The number of rotatable bonds is 3. The van der Waals surface area contributed by atoms with Crippen LogP contribution < -0.4 is 4.31 Å². The molecule has 4 nitrogen and oxygen atoms in total. The molecule has 1 heterocycles. The van der Waals surface area contributed by atoms with Gasteiger partial charge >= 0.3 is 0 Å². The quantitative estimate of drug-likeness (QED) is 0.875. The van der Waals surface area contributed by atoms with Crippen LogP contribution in [-0.4, -0.2) is 26.9 Å². The van der Waals surface area contributed by atoms with Crippen molar-refractivity contribution in [3.05, 3.63) is 60.2 Å². The monoisotopic (exact) mass is 300 g/mol. The lowest BCUT2D eigenvalue weighted by Crippen LogP contribution is -2.43. The maximum Gasteiger partial charge on any atom is 0.232 e. The molecule has 3 rings (SSSR count). The van der Waals surface area contributed by atoms with Gasteiger partial charge in [0.1, 0.15) is 0 Å². The van der Waals surface area contributed by atoms with Gasteiger partial charge in [-0.05, 0) is 24.1 Å². The van der Waals surface area contributed by atoms with Crippen LogP contribution in [0.1, 0.15) is 5.56 Å². The maximum atomic E-state index is 12.2. The Morgan fingerprint density at radius 1 is 1.05 bits per heavy atom. The molecule has 0 saturated heterocycles. The third-order valence-electron chi connectivity index (χ3n) is 3.45. The molecule has 108 valence electrons. The van der Waals surface area contributed by atoms with E-state index < -0.39 is 10.0 Å². The molecule has 0 aromatic heterocycles. The highest BCUT2D eigenvalue weighted by Crippen LogP contribution is 2.35. The number of nitrogens with zero attached hydrogens (tertiary/aromatic N) is 2. The van der Waals surface area contributed by atoms with E-state index in [0.717, 1.165) is 5.56 Å². The number of anilines is 1. The van der Waals surface area contributed by atoms with Crippen molar-refractivity contribution in [1.82, 2.24) is 0 Å². The number of hydrogen-bond donors (Lipinski definition) is 0. The van der Waals surface area contributed by atoms with Crippen molar-refractivity contribution < 1.29 is 8.42 Å². The molecule has 0 saturated carbocycles. The summed E-state index contributed by atoms with van der Waals surface area (Å²) in [6, 6.07) is 16.9. The van der Waals surface area contributed by atoms with E-state index in [-0.39, 0.29) is 6.04 Å². The van der Waals surface area contributed by atoms with Crippen LogP contribution in [0.5, 0.6) is 0 Å². The highest BCUT2D eigenvalue weighted by Gasteiger charge is 2.30. The molecule has 0 amide bonds. The van der Waals surface area contributed by atoms with Crippen molar-refractivity contribution in [3.8, 4) is 0 Å². The molecule has 0 spiro atoms. The van der Waals surface area contributed by atoms with E-state index in [4.69, 9.17) is 0 Å². The summed E-state index contributed by atoms with van der Waals surface area (Å²) in [5.74, 6) is 0. The lowest BCUT2D eigenvalue weighted by Gasteiger charge is -2.32. The summed E-state index contributed by atoms with van der Waals surface area (Å²) >= 11 is 0. The van der Waals surface area contributed by atoms with Crippen molar-refractivity contribution >= 4 is 27.6 Å². The average Bonchev–Trinajstić information content (AvgIpc) is 2.47. The smallest absolute Gasteiger partial charge is 0.232 e. The Hall–Kier alpha value is -2.14. The standard InChI is InChI=1S/C16H16N2O2S/c1-21(19,20)18-14(11-13-7-3-2-4-8-13)12-17-15-9-5-6-10-16(15)18/h2-10,12,14H,11H2,1H3. The van der Waals surface area contributed by atoms with Crippen LogP contribution in [0.2, 0.25) is 0 Å². The van der Waals surface area contributed by atoms with Crippen LogP contribution in [0.15, 0.2) is 59.6 Å². The predicted molar refractivity (Wildman–Crippen MR) is 85.9 cm³/mol. The van der Waals surface area contributed by atoms with Crippen molar-refractivity contribution in [1.29, 1.82) is 0 Å². The van der Waals surface area contributed by atoms with Crippen LogP contribution in [0.25, 0.3) is 0 Å². The van der Waals surface area contributed by atoms with Gasteiger partial charge in [-0.15, -0.1) is 0 Å². The van der Waals surface area contributed by atoms with Gasteiger partial charge in [0, 0.05) is 6.21 Å². The van der Waals surface area contributed by atoms with Gasteiger partial charge in [-0.1, -0.05) is 42.5 Å². The van der Waals surface area contributed by atoms with Crippen LogP contribution in [-0.2, 0) is 16.4 Å². The molecule has 5 heteroatoms. The fourth-order valence-electron chi connectivity index (χ4n) is 2.58. The zero-order valence-electron chi connectivity index (χ0n) is 11.7. The SMILES string of the molecule is CS(=O)(=O)N1c2ccccc2N=CC1Cc1ccccc1. The van der Waals surface area contributed by atoms with Crippen molar-refractivity contribution in [2.45, 2.75) is 12.5 Å². The van der Waals surface area contributed by atoms with Crippen molar-refractivity contribution in [2.24, 2.45) is 4.99 Å². The largest absolute Gasteiger partial charge is 0.260 e. The summed E-state index contributed by atoms with van der Waals surface area (Å²) < 4.78 is 25.9. The first-order valence-electron chi connectivity index (χ1n) is 6.72. The molecule has 0 bridgehead atoms. The van der Waals surface area contributed by atoms with Crippen LogP contribution in [0.4, 0.5) is 11.4 Å². The molecule has 2 aromatic carbocycles. The predicted octanol–water partition coefficient (Wildman–Crippen LogP) is 2.78. The van der Waals surface area contributed by atoms with Crippen molar-refractivity contribution in [3.63, 3.8) is 0 Å². The lowest BCUT2D eigenvalue weighted by atomic mass is 10.0. The third kappa shape index (κ3) is 2.83. The minimum atomic E-state index is -3.37. The van der Waals surface area contributed by atoms with Gasteiger partial charge in [0.25, 0.3) is 0 Å². The summed E-state index contributed by atoms with van der Waals surface area (Å²) in [5.41, 5.74) is 2.41. The van der Waals surface area contributed by atoms with E-state index in [2.05, 4.69) is 4.99 Å². The number of sulfonamides is 1. The Balaban J connectivity index is 2.02. The van der Waals surface area contributed by atoms with E-state index in [1.54, 1.807) is 12.3 Å². The summed E-state index contributed by atoms with van der Waals surface area (Å²) in [7, 11) is -3.37. The lowest BCUT2D eigenvalue weighted by molar-refractivity contribution is 0.592. The van der Waals surface area contributed by atoms with Gasteiger partial charge in [0.15, 0.2) is 0 Å². The summed E-state index contributed by atoms with van der Waals surface area (Å²) in [6.45, 7) is 0. The highest BCUT2D eigenvalue weighted by molar-refractivity contribution is 7.92. The van der Waals surface area contributed by atoms with Crippen molar-refractivity contribution in [2.75, 3.05) is 10.6 Å². The zero-order valence-corrected chi connectivity index (χ0v) is 12.5. The summed E-state index contributed by atoms with van der Waals surface area (Å²) in [5, 5.41) is 0. The molecule has 0 aliphatic carbocycles. The first kappa shape index (κ1) is 13.8. The van der Waals surface area contributed by atoms with Crippen LogP contribution in [0, 0.1) is 0 Å². The number of aliphatic imine (C=N–C) groups is 1. The van der Waals surface area contributed by atoms with Crippen LogP contribution >= 0.6 is 0 Å². The van der Waals surface area contributed by atoms with E-state index in [9.17, 15) is 8.42 Å². The molecule has 2 aromatic rings. The second kappa shape index (κ2) is 5.33. The molecule has 21 heavy (non-hydrogen) atoms. The minimum absolute atomic E-state index is 0.294. The molecule has 0 fully saturated rings. The first-order chi connectivity index (χ1) is 10.1. The Labute approximate surface area is 124 Å². The topological polar surface area (TPSA) is 49.7 Å². The molecular weight excluding hydrogens is 284 g/mol. The zero-order chi connectivity index (χ0) is 14.9. The Morgan fingerprint density at radius 3 is 2.43 bits per heavy atom. The molecular formula is C16H16N2O2S. The van der Waals surface area contributed by atoms with E-state index in [1.165, 1.54) is 10.6 Å². The van der Waals surface area contributed by atoms with Gasteiger partial charge in [-0.3, -0.25) is 9.30 Å². The van der Waals surface area contributed by atoms with E-state index in [1.807, 2.05) is 48.5 Å². The Bertz CT molecular complexity index is 770. The van der Waals surface area contributed by atoms with Crippen LogP contribution in [0.3, 0.4) is 0 Å². The Kier molecular flexibility index (Phi) is 3.51. The van der Waals surface area contributed by atoms with Gasteiger partial charge in [-0.25, -0.2) is 8.42 Å². The Morgan fingerprint density at radius 2 is 1.71 bits per heavy atom. The normalized spacial score (nSPS) is 17.6. The van der Waals surface area contributed by atoms with Gasteiger partial charge in [0.05, 0.1) is 23.7 Å². The average molecular weight is 300 g/mol. The van der Waals surface area contributed by atoms with E-state index >= 15 is 0 Å². The molecule has 0 radical (unpaired) electrons. The number of fused-ring (bicyclic) bond motifs is 1. The molecule has 0 N–H and O–H groups in total. The minimum Gasteiger partial charge on any atom is -0.260 e. The highest BCUT2D eigenvalue weighted by atomic mass is 32.2. The number of benzene rings is 2. The second-order valence-corrected chi connectivity index (χ2v) is 6.94. The van der Waals surface area contributed by atoms with Gasteiger partial charge in [-0.2, -0.15) is 0 Å². The van der Waals surface area contributed by atoms with E-state index in [0.29, 0.717) is 17.8 Å². The maximum absolute atomic E-state index is 12.2. The van der Waals surface area contributed by atoms with Gasteiger partial charge < -0.3 is 0 Å². The number of hydrogen-bond acceptors (Lipinski definition) is 3. The fourth-order valence-corrected chi connectivity index (χ4v) is 3.71. The third-order valence-corrected chi connectivity index (χ3v) is 4.63. The molecule has 1 atom stereocenters.